The molecular formula is C102H62B2N4. The largest absolute Gasteiger partial charge is 0.311 e. The van der Waals surface area contributed by atoms with Crippen LogP contribution in [0.5, 0.6) is 0 Å². The molecule has 6 heteroatoms. The summed E-state index contributed by atoms with van der Waals surface area (Å²) in [6.45, 7) is -0.380. The molecule has 20 aromatic carbocycles. The maximum atomic E-state index is 2.69. The van der Waals surface area contributed by atoms with Gasteiger partial charge in [0.15, 0.2) is 0 Å². The van der Waals surface area contributed by atoms with Gasteiger partial charge in [0.2, 0.25) is 0 Å². The zero-order valence-electron chi connectivity index (χ0n) is 58.7. The number of benzene rings is 20. The van der Waals surface area contributed by atoms with Crippen LogP contribution < -0.4 is 52.4 Å². The molecule has 4 aliphatic heterocycles. The summed E-state index contributed by atoms with van der Waals surface area (Å²) in [5, 5.41) is 22.5. The molecule has 108 heavy (non-hydrogen) atoms. The van der Waals surface area contributed by atoms with Crippen molar-refractivity contribution in [1.82, 2.24) is 0 Å². The van der Waals surface area contributed by atoms with Gasteiger partial charge in [0.1, 0.15) is 0 Å². The van der Waals surface area contributed by atoms with Crippen LogP contribution in [0.4, 0.5) is 68.2 Å². The van der Waals surface area contributed by atoms with Crippen LogP contribution in [0.25, 0.3) is 119 Å². The molecule has 496 valence electrons. The Morgan fingerprint density at radius 1 is 0.157 bits per heavy atom. The summed E-state index contributed by atoms with van der Waals surface area (Å²) in [5.41, 5.74) is 25.9. The van der Waals surface area contributed by atoms with Crippen molar-refractivity contribution in [3.8, 4) is 22.3 Å². The van der Waals surface area contributed by atoms with Crippen LogP contribution in [-0.2, 0) is 0 Å². The van der Waals surface area contributed by atoms with E-state index in [0.29, 0.717) is 0 Å². The van der Waals surface area contributed by atoms with E-state index >= 15 is 0 Å². The highest BCUT2D eigenvalue weighted by atomic mass is 15.2. The molecule has 0 bridgehead atoms. The van der Waals surface area contributed by atoms with Crippen LogP contribution in [0.1, 0.15) is 0 Å². The molecular weight excluding hydrogens is 1300 g/mol. The number of anilines is 12. The topological polar surface area (TPSA) is 13.0 Å². The van der Waals surface area contributed by atoms with E-state index < -0.39 is 0 Å². The van der Waals surface area contributed by atoms with Crippen LogP contribution in [0.3, 0.4) is 0 Å². The zero-order valence-corrected chi connectivity index (χ0v) is 58.7. The van der Waals surface area contributed by atoms with E-state index in [9.17, 15) is 0 Å². The molecule has 0 spiro atoms. The first-order valence-corrected chi connectivity index (χ1v) is 37.7. The van der Waals surface area contributed by atoms with Crippen molar-refractivity contribution >= 4 is 211 Å². The maximum absolute atomic E-state index is 2.69. The third-order valence-electron chi connectivity index (χ3n) is 24.3. The molecule has 4 nitrogen and oxygen atoms in total. The smallest absolute Gasteiger partial charge is 0.252 e. The van der Waals surface area contributed by atoms with Crippen LogP contribution in [-0.4, -0.2) is 13.4 Å². The predicted octanol–water partition coefficient (Wildman–Crippen LogP) is 23.6. The van der Waals surface area contributed by atoms with E-state index in [-0.39, 0.29) is 13.4 Å². The van der Waals surface area contributed by atoms with Gasteiger partial charge in [0.25, 0.3) is 13.4 Å². The molecule has 4 aliphatic rings. The molecule has 0 N–H and O–H groups in total. The summed E-state index contributed by atoms with van der Waals surface area (Å²) >= 11 is 0. The quantitative estimate of drug-likeness (QED) is 0.121. The first-order chi connectivity index (χ1) is 53.6. The van der Waals surface area contributed by atoms with E-state index in [4.69, 9.17) is 0 Å². The third-order valence-corrected chi connectivity index (χ3v) is 24.3. The van der Waals surface area contributed by atoms with Crippen molar-refractivity contribution in [2.45, 2.75) is 0 Å². The fourth-order valence-electron chi connectivity index (χ4n) is 19.9. The van der Waals surface area contributed by atoms with Crippen molar-refractivity contribution in [2.75, 3.05) is 19.6 Å². The summed E-state index contributed by atoms with van der Waals surface area (Å²) in [6, 6.07) is 143. The first-order valence-electron chi connectivity index (χ1n) is 37.7. The standard InChI is InChI=1S/C102H62B2N4/c1-3-26-63(27-4-1)68-42-23-43-69(64-28-5-2-6-29-64)102(68)108-97-51-25-49-95-101(97)104(89-45-20-22-47-93(89)106(95)66-53-56-83-77-37-11-8-31-71(77)74-34-14-17-40-80(74)86(83)59-66)91-61-90-98(62-99(91)108)107(67-54-57-84-78-38-12-9-32-72(78)75-35-15-18-41-81(75)87(84)60-67)96-50-24-48-94-100(96)103(90)88-44-19-21-46-92(88)105(94)65-52-55-82-76-36-10-7-30-70(76)73-33-13-16-39-79(73)85(82)58-65/h1-62H. The van der Waals surface area contributed by atoms with Gasteiger partial charge in [0, 0.05) is 73.7 Å². The van der Waals surface area contributed by atoms with Crippen LogP contribution in [0.15, 0.2) is 376 Å². The molecule has 0 saturated heterocycles. The lowest BCUT2D eigenvalue weighted by atomic mass is 9.30. The Morgan fingerprint density at radius 2 is 0.417 bits per heavy atom. The molecule has 0 aliphatic carbocycles. The molecule has 0 amide bonds. The van der Waals surface area contributed by atoms with E-state index in [0.717, 1.165) is 73.4 Å². The average molecular weight is 1370 g/mol. The molecule has 0 aromatic heterocycles. The Labute approximate surface area is 625 Å². The van der Waals surface area contributed by atoms with E-state index in [1.807, 2.05) is 0 Å². The van der Waals surface area contributed by atoms with Gasteiger partial charge in [-0.2, -0.15) is 0 Å². The maximum Gasteiger partial charge on any atom is 0.252 e. The Kier molecular flexibility index (Phi) is 12.5. The number of nitrogens with zero attached hydrogens (tertiary/aromatic N) is 4. The van der Waals surface area contributed by atoms with Crippen LogP contribution in [0, 0.1) is 0 Å². The van der Waals surface area contributed by atoms with Crippen molar-refractivity contribution < 1.29 is 0 Å². The summed E-state index contributed by atoms with van der Waals surface area (Å²) < 4.78 is 0. The van der Waals surface area contributed by atoms with E-state index in [1.165, 1.54) is 147 Å². The normalized spacial score (nSPS) is 13.3. The Hall–Kier alpha value is -13.9. The monoisotopic (exact) mass is 1360 g/mol. The Balaban J connectivity index is 0.811. The minimum atomic E-state index is -0.196. The van der Waals surface area contributed by atoms with Crippen LogP contribution in [0.2, 0.25) is 0 Å². The van der Waals surface area contributed by atoms with Crippen molar-refractivity contribution in [2.24, 2.45) is 0 Å². The number of fused-ring (bicyclic) bond motifs is 26. The second-order valence-electron chi connectivity index (χ2n) is 29.6. The molecule has 4 heterocycles. The fraction of sp³-hybridized carbons (Fsp3) is 0. The first kappa shape index (κ1) is 59.5. The second-order valence-corrected chi connectivity index (χ2v) is 29.6. The molecule has 0 radical (unpaired) electrons. The predicted molar refractivity (Wildman–Crippen MR) is 463 cm³/mol. The zero-order chi connectivity index (χ0) is 70.4. The van der Waals surface area contributed by atoms with E-state index in [2.05, 4.69) is 396 Å². The summed E-state index contributed by atoms with van der Waals surface area (Å²) in [5.74, 6) is 0. The SMILES string of the molecule is c1ccc(-c2cccc(-c3ccccc3)c2N2c3cc4c(cc3B3c5ccccc5N(c5ccc6c7ccccc7c7ccccc7c6c5)c5cccc2c53)B2c3ccccc3N(c3ccc5c6ccccc6c6ccccc6c5c3)c3cccc(c32)N4c2ccc3c4ccccc4c4ccccc4c3c2)cc1. The molecule has 0 atom stereocenters. The number of rotatable bonds is 6. The lowest BCUT2D eigenvalue weighted by molar-refractivity contribution is 1.24. The highest BCUT2D eigenvalue weighted by Crippen LogP contribution is 2.54. The Bertz CT molecular complexity index is 7150. The van der Waals surface area contributed by atoms with Gasteiger partial charge in [-0.15, -0.1) is 0 Å². The lowest BCUT2D eigenvalue weighted by Crippen LogP contribution is -2.65. The van der Waals surface area contributed by atoms with Gasteiger partial charge < -0.3 is 19.6 Å². The summed E-state index contributed by atoms with van der Waals surface area (Å²) in [4.78, 5) is 10.5. The lowest BCUT2D eigenvalue weighted by Gasteiger charge is -2.47. The molecule has 0 unspecified atom stereocenters. The highest BCUT2D eigenvalue weighted by Gasteiger charge is 2.49. The highest BCUT2D eigenvalue weighted by molar-refractivity contribution is 7.03. The van der Waals surface area contributed by atoms with Gasteiger partial charge in [-0.3, -0.25) is 0 Å². The number of hydrogen-bond acceptors (Lipinski definition) is 4. The van der Waals surface area contributed by atoms with Gasteiger partial charge in [-0.05, 0) is 220 Å². The number of hydrogen-bond donors (Lipinski definition) is 0. The molecule has 0 saturated carbocycles. The van der Waals surface area contributed by atoms with Crippen LogP contribution >= 0.6 is 0 Å². The third kappa shape index (κ3) is 8.31. The molecule has 0 fully saturated rings. The average Bonchev–Trinajstić information content (AvgIpc) is 0.682. The van der Waals surface area contributed by atoms with Gasteiger partial charge >= 0.3 is 0 Å². The van der Waals surface area contributed by atoms with Gasteiger partial charge in [-0.1, -0.05) is 297 Å². The molecule has 20 aromatic rings. The second kappa shape index (κ2) is 22.8. The van der Waals surface area contributed by atoms with Gasteiger partial charge in [-0.25, -0.2) is 0 Å². The number of para-hydroxylation sites is 3. The van der Waals surface area contributed by atoms with Crippen molar-refractivity contribution in [3.63, 3.8) is 0 Å². The minimum absolute atomic E-state index is 0.184. The van der Waals surface area contributed by atoms with Gasteiger partial charge in [0.05, 0.1) is 5.69 Å². The minimum Gasteiger partial charge on any atom is -0.311 e. The summed E-state index contributed by atoms with van der Waals surface area (Å²) in [6.07, 6.45) is 0. The Morgan fingerprint density at radius 3 is 0.769 bits per heavy atom. The summed E-state index contributed by atoms with van der Waals surface area (Å²) in [7, 11) is 0. The molecule has 24 rings (SSSR count). The van der Waals surface area contributed by atoms with Crippen molar-refractivity contribution in [1.29, 1.82) is 0 Å². The van der Waals surface area contributed by atoms with E-state index in [1.54, 1.807) is 0 Å². The van der Waals surface area contributed by atoms with Crippen molar-refractivity contribution in [3.05, 3.63) is 376 Å². The fourth-order valence-corrected chi connectivity index (χ4v) is 19.9.